The lowest BCUT2D eigenvalue weighted by Gasteiger charge is -2.30. The number of tetrazole rings is 1. The Bertz CT molecular complexity index is 817. The number of benzene rings is 1. The standard InChI is InChI=1S/C14H11BrFN5S/c15-13-6-5-12(22-13)10-7-11(8-3-1-2-4-9(8)16)21-14(17-10)18-19-20-21/h1-6,10-11H,7H2,(H,17,18,20)/t10-,11+/m0/s1. The Balaban J connectivity index is 1.77. The van der Waals surface area contributed by atoms with E-state index in [1.54, 1.807) is 28.2 Å². The molecule has 0 bridgehead atoms. The third-order valence-corrected chi connectivity index (χ3v) is 5.49. The van der Waals surface area contributed by atoms with E-state index in [4.69, 9.17) is 0 Å². The third-order valence-electron chi connectivity index (χ3n) is 3.75. The minimum absolute atomic E-state index is 0.0550. The molecule has 0 spiro atoms. The van der Waals surface area contributed by atoms with Gasteiger partial charge in [0.15, 0.2) is 0 Å². The van der Waals surface area contributed by atoms with E-state index in [9.17, 15) is 4.39 Å². The number of rotatable bonds is 2. The number of anilines is 1. The van der Waals surface area contributed by atoms with E-state index in [1.165, 1.54) is 10.9 Å². The minimum atomic E-state index is -0.234. The molecule has 1 aliphatic heterocycles. The zero-order chi connectivity index (χ0) is 15.1. The SMILES string of the molecule is Fc1ccccc1[C@H]1C[C@@H](c2ccc(Br)s2)Nc2nnnn21. The van der Waals surface area contributed by atoms with Crippen LogP contribution in [0.2, 0.25) is 0 Å². The van der Waals surface area contributed by atoms with Gasteiger partial charge in [-0.05, 0) is 51.0 Å². The van der Waals surface area contributed by atoms with Crippen molar-refractivity contribution in [3.8, 4) is 0 Å². The maximum absolute atomic E-state index is 14.2. The van der Waals surface area contributed by atoms with Gasteiger partial charge in [0.1, 0.15) is 5.82 Å². The second-order valence-corrected chi connectivity index (χ2v) is 7.55. The molecule has 0 saturated carbocycles. The topological polar surface area (TPSA) is 55.6 Å². The molecule has 8 heteroatoms. The lowest BCUT2D eigenvalue weighted by Crippen LogP contribution is -2.28. The molecule has 0 fully saturated rings. The van der Waals surface area contributed by atoms with Gasteiger partial charge in [0, 0.05) is 10.4 Å². The highest BCUT2D eigenvalue weighted by Gasteiger charge is 2.32. The molecule has 1 N–H and O–H groups in total. The molecule has 1 aliphatic rings. The van der Waals surface area contributed by atoms with Crippen molar-refractivity contribution in [2.45, 2.75) is 18.5 Å². The zero-order valence-corrected chi connectivity index (χ0v) is 13.7. The summed E-state index contributed by atoms with van der Waals surface area (Å²) < 4.78 is 16.9. The van der Waals surface area contributed by atoms with Crippen LogP contribution >= 0.6 is 27.3 Å². The van der Waals surface area contributed by atoms with E-state index in [0.29, 0.717) is 17.9 Å². The summed E-state index contributed by atoms with van der Waals surface area (Å²) in [4.78, 5) is 1.17. The van der Waals surface area contributed by atoms with Crippen molar-refractivity contribution in [2.24, 2.45) is 0 Å². The molecular weight excluding hydrogens is 369 g/mol. The van der Waals surface area contributed by atoms with E-state index in [1.807, 2.05) is 12.1 Å². The van der Waals surface area contributed by atoms with Crippen LogP contribution in [0.4, 0.5) is 10.3 Å². The smallest absolute Gasteiger partial charge is 0.244 e. The highest BCUT2D eigenvalue weighted by molar-refractivity contribution is 9.11. The molecule has 2 atom stereocenters. The van der Waals surface area contributed by atoms with Crippen molar-refractivity contribution in [1.29, 1.82) is 0 Å². The number of nitrogens with one attached hydrogen (secondary N) is 1. The van der Waals surface area contributed by atoms with Crippen LogP contribution in [-0.2, 0) is 0 Å². The first-order chi connectivity index (χ1) is 10.7. The molecule has 0 radical (unpaired) electrons. The lowest BCUT2D eigenvalue weighted by atomic mass is 9.96. The van der Waals surface area contributed by atoms with Crippen LogP contribution in [0.3, 0.4) is 0 Å². The Morgan fingerprint density at radius 3 is 2.91 bits per heavy atom. The second-order valence-electron chi connectivity index (χ2n) is 5.06. The van der Waals surface area contributed by atoms with E-state index >= 15 is 0 Å². The number of hydrogen-bond donors (Lipinski definition) is 1. The maximum atomic E-state index is 14.2. The molecule has 1 aromatic carbocycles. The van der Waals surface area contributed by atoms with Crippen LogP contribution < -0.4 is 5.32 Å². The number of nitrogens with zero attached hydrogens (tertiary/aromatic N) is 4. The predicted octanol–water partition coefficient (Wildman–Crippen LogP) is 3.78. The van der Waals surface area contributed by atoms with Crippen LogP contribution in [0.25, 0.3) is 0 Å². The van der Waals surface area contributed by atoms with Gasteiger partial charge in [-0.3, -0.25) is 0 Å². The fourth-order valence-corrected chi connectivity index (χ4v) is 4.23. The molecule has 3 heterocycles. The van der Waals surface area contributed by atoms with E-state index in [-0.39, 0.29) is 17.9 Å². The van der Waals surface area contributed by atoms with Crippen molar-refractivity contribution in [3.05, 3.63) is 56.4 Å². The van der Waals surface area contributed by atoms with Crippen molar-refractivity contribution in [2.75, 3.05) is 5.32 Å². The van der Waals surface area contributed by atoms with Crippen molar-refractivity contribution >= 4 is 33.2 Å². The average Bonchev–Trinajstić information content (AvgIpc) is 3.15. The van der Waals surface area contributed by atoms with E-state index in [0.717, 1.165) is 3.79 Å². The van der Waals surface area contributed by atoms with Crippen LogP contribution in [-0.4, -0.2) is 20.2 Å². The van der Waals surface area contributed by atoms with Gasteiger partial charge in [-0.25, -0.2) is 9.07 Å². The highest BCUT2D eigenvalue weighted by Crippen LogP contribution is 2.40. The van der Waals surface area contributed by atoms with Crippen LogP contribution in [0, 0.1) is 5.82 Å². The normalized spacial score (nSPS) is 20.5. The Kier molecular flexibility index (Phi) is 3.42. The Morgan fingerprint density at radius 1 is 1.27 bits per heavy atom. The molecule has 5 nitrogen and oxygen atoms in total. The monoisotopic (exact) mass is 379 g/mol. The molecule has 112 valence electrons. The molecule has 3 aromatic rings. The van der Waals surface area contributed by atoms with Crippen LogP contribution in [0.5, 0.6) is 0 Å². The first kappa shape index (κ1) is 13.8. The van der Waals surface area contributed by atoms with Gasteiger partial charge in [-0.15, -0.1) is 11.3 Å². The predicted molar refractivity (Wildman–Crippen MR) is 85.4 cm³/mol. The van der Waals surface area contributed by atoms with Crippen molar-refractivity contribution in [1.82, 2.24) is 20.2 Å². The van der Waals surface area contributed by atoms with E-state index < -0.39 is 0 Å². The molecular formula is C14H11BrFN5S. The lowest BCUT2D eigenvalue weighted by molar-refractivity contribution is 0.411. The van der Waals surface area contributed by atoms with E-state index in [2.05, 4.69) is 42.8 Å². The van der Waals surface area contributed by atoms with Crippen LogP contribution in [0.15, 0.2) is 40.2 Å². The van der Waals surface area contributed by atoms with Crippen molar-refractivity contribution in [3.63, 3.8) is 0 Å². The van der Waals surface area contributed by atoms with Gasteiger partial charge >= 0.3 is 0 Å². The number of halogens is 2. The number of aromatic nitrogens is 4. The summed E-state index contributed by atoms with van der Waals surface area (Å²) in [5, 5.41) is 15.0. The number of fused-ring (bicyclic) bond motifs is 1. The van der Waals surface area contributed by atoms with Gasteiger partial charge in [-0.2, -0.15) is 0 Å². The van der Waals surface area contributed by atoms with Gasteiger partial charge in [0.2, 0.25) is 5.95 Å². The number of hydrogen-bond acceptors (Lipinski definition) is 5. The molecule has 4 rings (SSSR count). The molecule has 0 amide bonds. The number of thiophene rings is 1. The molecule has 0 aliphatic carbocycles. The van der Waals surface area contributed by atoms with Gasteiger partial charge in [0.25, 0.3) is 0 Å². The van der Waals surface area contributed by atoms with Gasteiger partial charge in [0.05, 0.1) is 15.9 Å². The molecule has 22 heavy (non-hydrogen) atoms. The second kappa shape index (κ2) is 5.44. The van der Waals surface area contributed by atoms with Crippen molar-refractivity contribution < 1.29 is 4.39 Å². The molecule has 2 aromatic heterocycles. The first-order valence-corrected chi connectivity index (χ1v) is 8.37. The third kappa shape index (κ3) is 2.32. The Labute approximate surface area is 138 Å². The summed E-state index contributed by atoms with van der Waals surface area (Å²) in [6, 6.07) is 10.7. The maximum Gasteiger partial charge on any atom is 0.244 e. The first-order valence-electron chi connectivity index (χ1n) is 6.76. The highest BCUT2D eigenvalue weighted by atomic mass is 79.9. The largest absolute Gasteiger partial charge is 0.345 e. The summed E-state index contributed by atoms with van der Waals surface area (Å²) in [6.45, 7) is 0. The van der Waals surface area contributed by atoms with Crippen LogP contribution in [0.1, 0.15) is 28.9 Å². The quantitative estimate of drug-likeness (QED) is 0.735. The van der Waals surface area contributed by atoms with Gasteiger partial charge < -0.3 is 5.32 Å². The summed E-state index contributed by atoms with van der Waals surface area (Å²) in [5.41, 5.74) is 0.609. The summed E-state index contributed by atoms with van der Waals surface area (Å²) in [6.07, 6.45) is 0.686. The van der Waals surface area contributed by atoms with Gasteiger partial charge in [-0.1, -0.05) is 23.3 Å². The molecule has 0 unspecified atom stereocenters. The average molecular weight is 380 g/mol. The minimum Gasteiger partial charge on any atom is -0.345 e. The fourth-order valence-electron chi connectivity index (χ4n) is 2.74. The molecule has 0 saturated heterocycles. The zero-order valence-electron chi connectivity index (χ0n) is 11.3. The Morgan fingerprint density at radius 2 is 2.14 bits per heavy atom. The fraction of sp³-hybridized carbons (Fsp3) is 0.214. The summed E-state index contributed by atoms with van der Waals surface area (Å²) in [7, 11) is 0. The summed E-state index contributed by atoms with van der Waals surface area (Å²) >= 11 is 5.14. The summed E-state index contributed by atoms with van der Waals surface area (Å²) in [5.74, 6) is 0.330. The Hall–Kier alpha value is -1.80.